The van der Waals surface area contributed by atoms with Crippen molar-refractivity contribution >= 4 is 34.7 Å². The molecule has 0 atom stereocenters. The van der Waals surface area contributed by atoms with Crippen molar-refractivity contribution in [3.63, 3.8) is 0 Å². The topological polar surface area (TPSA) is 82.6 Å². The minimum atomic E-state index is -4.54. The third kappa shape index (κ3) is 2.23. The van der Waals surface area contributed by atoms with Crippen molar-refractivity contribution in [2.45, 2.75) is 0 Å². The molecule has 3 N–H and O–H groups in total. The van der Waals surface area contributed by atoms with E-state index in [4.69, 9.17) is 9.79 Å². The van der Waals surface area contributed by atoms with Crippen LogP contribution in [-0.4, -0.2) is 14.8 Å². The normalized spacial score (nSPS) is 11.9. The molecule has 15 heavy (non-hydrogen) atoms. The molecule has 0 amide bonds. The van der Waals surface area contributed by atoms with E-state index in [0.29, 0.717) is 9.99 Å². The molecule has 0 aliphatic heterocycles. The van der Waals surface area contributed by atoms with Crippen LogP contribution in [0.3, 0.4) is 0 Å². The van der Waals surface area contributed by atoms with E-state index in [1.54, 1.807) is 18.2 Å². The molecule has 80 valence electrons. The van der Waals surface area contributed by atoms with E-state index in [-0.39, 0.29) is 5.75 Å². The molecule has 1 heterocycles. The molecule has 0 spiro atoms. The maximum atomic E-state index is 10.7. The van der Waals surface area contributed by atoms with Gasteiger partial charge in [-0.25, -0.2) is 4.57 Å². The zero-order valence-electron chi connectivity index (χ0n) is 7.35. The molecule has 1 aromatic heterocycles. The number of phosphoric ester groups is 1. The number of aromatic nitrogens is 1. The van der Waals surface area contributed by atoms with Crippen LogP contribution < -0.4 is 4.52 Å². The van der Waals surface area contributed by atoms with Gasteiger partial charge in [-0.15, -0.1) is 0 Å². The number of rotatable bonds is 2. The minimum absolute atomic E-state index is 0.124. The summed E-state index contributed by atoms with van der Waals surface area (Å²) in [6.45, 7) is 0. The Bertz CT molecular complexity index is 547. The second kappa shape index (κ2) is 3.64. The van der Waals surface area contributed by atoms with Crippen LogP contribution in [0.4, 0.5) is 0 Å². The second-order valence-corrected chi connectivity index (χ2v) is 4.85. The van der Waals surface area contributed by atoms with Gasteiger partial charge in [0.15, 0.2) is 5.75 Å². The Kier molecular flexibility index (Phi) is 2.60. The van der Waals surface area contributed by atoms with Gasteiger partial charge >= 0.3 is 7.82 Å². The van der Waals surface area contributed by atoms with Crippen molar-refractivity contribution in [1.82, 2.24) is 4.98 Å². The number of aromatic amines is 1. The van der Waals surface area contributed by atoms with Crippen molar-refractivity contribution in [3.05, 3.63) is 28.9 Å². The maximum Gasteiger partial charge on any atom is 0.524 e. The molecule has 1 aromatic carbocycles. The van der Waals surface area contributed by atoms with Crippen LogP contribution in [-0.2, 0) is 4.57 Å². The van der Waals surface area contributed by atoms with Crippen LogP contribution in [0.5, 0.6) is 5.75 Å². The molecule has 0 radical (unpaired) electrons. The van der Waals surface area contributed by atoms with E-state index < -0.39 is 7.82 Å². The van der Waals surface area contributed by atoms with Gasteiger partial charge in [0, 0.05) is 5.39 Å². The first-order valence-corrected chi connectivity index (χ1v) is 6.31. The van der Waals surface area contributed by atoms with E-state index in [1.165, 1.54) is 0 Å². The lowest BCUT2D eigenvalue weighted by atomic mass is 10.2. The third-order valence-corrected chi connectivity index (χ3v) is 2.80. The molecule has 2 rings (SSSR count). The standard InChI is InChI=1S/C8H7BrNO4P/c9-8-7(14-15(11,12)13)5-3-1-2-4-6(5)10-8/h1-4,10H,(H2,11,12,13). The lowest BCUT2D eigenvalue weighted by Crippen LogP contribution is -1.89. The fourth-order valence-corrected chi connectivity index (χ4v) is 2.35. The van der Waals surface area contributed by atoms with Crippen molar-refractivity contribution in [2.24, 2.45) is 0 Å². The number of hydrogen-bond donors (Lipinski definition) is 3. The molecule has 0 unspecified atom stereocenters. The number of halogens is 1. The lowest BCUT2D eigenvalue weighted by Gasteiger charge is -2.05. The van der Waals surface area contributed by atoms with Crippen LogP contribution in [0.15, 0.2) is 28.9 Å². The van der Waals surface area contributed by atoms with Gasteiger partial charge in [0.05, 0.1) is 5.52 Å². The number of para-hydroxylation sites is 1. The van der Waals surface area contributed by atoms with E-state index in [0.717, 1.165) is 5.52 Å². The van der Waals surface area contributed by atoms with Crippen molar-refractivity contribution < 1.29 is 18.9 Å². The van der Waals surface area contributed by atoms with Crippen molar-refractivity contribution in [1.29, 1.82) is 0 Å². The summed E-state index contributed by atoms with van der Waals surface area (Å²) in [5, 5.41) is 0.618. The Balaban J connectivity index is 2.59. The van der Waals surface area contributed by atoms with Gasteiger partial charge in [0.25, 0.3) is 0 Å². The number of benzene rings is 1. The molecule has 7 heteroatoms. The van der Waals surface area contributed by atoms with Crippen molar-refractivity contribution in [3.8, 4) is 5.75 Å². The number of fused-ring (bicyclic) bond motifs is 1. The smallest absolute Gasteiger partial charge is 0.401 e. The number of hydrogen-bond acceptors (Lipinski definition) is 2. The number of phosphoric acid groups is 1. The summed E-state index contributed by atoms with van der Waals surface area (Å²) >= 11 is 3.14. The quantitative estimate of drug-likeness (QED) is 0.742. The highest BCUT2D eigenvalue weighted by Gasteiger charge is 2.21. The maximum absolute atomic E-state index is 10.7. The predicted octanol–water partition coefficient (Wildman–Crippen LogP) is 2.40. The molecule has 0 saturated heterocycles. The average molecular weight is 292 g/mol. The molecule has 0 aliphatic rings. The van der Waals surface area contributed by atoms with E-state index in [2.05, 4.69) is 25.4 Å². The van der Waals surface area contributed by atoms with E-state index >= 15 is 0 Å². The number of H-pyrrole nitrogens is 1. The van der Waals surface area contributed by atoms with E-state index in [9.17, 15) is 4.57 Å². The summed E-state index contributed by atoms with van der Waals surface area (Å²) in [5.41, 5.74) is 0.743. The van der Waals surface area contributed by atoms with Gasteiger partial charge in [0.2, 0.25) is 0 Å². The first-order chi connectivity index (χ1) is 6.97. The minimum Gasteiger partial charge on any atom is -0.401 e. The Morgan fingerprint density at radius 2 is 2.00 bits per heavy atom. The zero-order chi connectivity index (χ0) is 11.1. The van der Waals surface area contributed by atoms with Crippen LogP contribution in [0, 0.1) is 0 Å². The molecule has 5 nitrogen and oxygen atoms in total. The van der Waals surface area contributed by atoms with Crippen LogP contribution in [0.1, 0.15) is 0 Å². The van der Waals surface area contributed by atoms with Crippen molar-refractivity contribution in [2.75, 3.05) is 0 Å². The SMILES string of the molecule is O=P(O)(O)Oc1c(Br)[nH]c2ccccc12. The summed E-state index contributed by atoms with van der Waals surface area (Å²) in [4.78, 5) is 20.4. The third-order valence-electron chi connectivity index (χ3n) is 1.83. The summed E-state index contributed by atoms with van der Waals surface area (Å²) in [6.07, 6.45) is 0. The molecule has 0 fully saturated rings. The summed E-state index contributed by atoms with van der Waals surface area (Å²) in [5.74, 6) is 0.124. The summed E-state index contributed by atoms with van der Waals surface area (Å²) in [6, 6.07) is 7.07. The Morgan fingerprint density at radius 1 is 1.33 bits per heavy atom. The fraction of sp³-hybridized carbons (Fsp3) is 0. The summed E-state index contributed by atoms with van der Waals surface area (Å²) in [7, 11) is -4.54. The van der Waals surface area contributed by atoms with Gasteiger partial charge in [-0.1, -0.05) is 12.1 Å². The fourth-order valence-electron chi connectivity index (χ4n) is 1.29. The largest absolute Gasteiger partial charge is 0.524 e. The highest BCUT2D eigenvalue weighted by molar-refractivity contribution is 9.10. The van der Waals surface area contributed by atoms with Crippen LogP contribution in [0.25, 0.3) is 10.9 Å². The van der Waals surface area contributed by atoms with E-state index in [1.807, 2.05) is 6.07 Å². The highest BCUT2D eigenvalue weighted by atomic mass is 79.9. The lowest BCUT2D eigenvalue weighted by molar-refractivity contribution is 0.283. The Labute approximate surface area is 93.4 Å². The monoisotopic (exact) mass is 291 g/mol. The van der Waals surface area contributed by atoms with Gasteiger partial charge in [-0.3, -0.25) is 9.79 Å². The Morgan fingerprint density at radius 3 is 2.67 bits per heavy atom. The first kappa shape index (κ1) is 10.7. The van der Waals surface area contributed by atoms with Crippen LogP contribution in [0.2, 0.25) is 0 Å². The second-order valence-electron chi connectivity index (χ2n) is 2.90. The molecule has 0 bridgehead atoms. The average Bonchev–Trinajstić information content (AvgIpc) is 2.41. The molecule has 2 aromatic rings. The zero-order valence-corrected chi connectivity index (χ0v) is 9.83. The highest BCUT2D eigenvalue weighted by Crippen LogP contribution is 2.44. The Hall–Kier alpha value is -0.810. The molecule has 0 aliphatic carbocycles. The predicted molar refractivity (Wildman–Crippen MR) is 58.7 cm³/mol. The number of nitrogens with one attached hydrogen (secondary N) is 1. The van der Waals surface area contributed by atoms with Gasteiger partial charge < -0.3 is 9.51 Å². The first-order valence-electron chi connectivity index (χ1n) is 3.99. The molecule has 0 saturated carbocycles. The van der Waals surface area contributed by atoms with Crippen LogP contribution >= 0.6 is 23.8 Å². The van der Waals surface area contributed by atoms with Gasteiger partial charge in [-0.2, -0.15) is 0 Å². The van der Waals surface area contributed by atoms with Gasteiger partial charge in [-0.05, 0) is 28.1 Å². The molecular formula is C8H7BrNO4P. The summed E-state index contributed by atoms with van der Waals surface area (Å²) < 4.78 is 15.7. The molecular weight excluding hydrogens is 285 g/mol. The van der Waals surface area contributed by atoms with Gasteiger partial charge in [0.1, 0.15) is 4.60 Å².